The van der Waals surface area contributed by atoms with Gasteiger partial charge in [-0.2, -0.15) is 0 Å². The average molecular weight is 331 g/mol. The number of rotatable bonds is 5. The standard InChI is InChI=1S/C15H19NO4S.Na/c1-9-6-5-7-10(2)14(9)16(11(3)15(19)20)13(18)8-21-12(4)17;/h5-7,11H,8H2,1-4H3,(H,19,20);/q;+1/p-1. The molecule has 0 saturated carbocycles. The van der Waals surface area contributed by atoms with Crippen molar-refractivity contribution >= 4 is 34.4 Å². The van der Waals surface area contributed by atoms with E-state index >= 15 is 0 Å². The fourth-order valence-corrected chi connectivity index (χ4v) is 2.52. The molecule has 22 heavy (non-hydrogen) atoms. The van der Waals surface area contributed by atoms with E-state index < -0.39 is 17.9 Å². The van der Waals surface area contributed by atoms with Crippen LogP contribution in [0.4, 0.5) is 5.69 Å². The van der Waals surface area contributed by atoms with Crippen LogP contribution in [-0.2, 0) is 14.4 Å². The summed E-state index contributed by atoms with van der Waals surface area (Å²) in [6, 6.07) is 4.35. The van der Waals surface area contributed by atoms with Crippen LogP contribution in [0.15, 0.2) is 18.2 Å². The molecule has 5 nitrogen and oxygen atoms in total. The molecule has 0 radical (unpaired) electrons. The monoisotopic (exact) mass is 331 g/mol. The van der Waals surface area contributed by atoms with Gasteiger partial charge in [-0.15, -0.1) is 0 Å². The number of hydrogen-bond acceptors (Lipinski definition) is 5. The van der Waals surface area contributed by atoms with E-state index in [4.69, 9.17) is 0 Å². The molecular weight excluding hydrogens is 313 g/mol. The van der Waals surface area contributed by atoms with E-state index in [1.807, 2.05) is 32.0 Å². The second-order valence-corrected chi connectivity index (χ2v) is 5.93. The number of benzene rings is 1. The van der Waals surface area contributed by atoms with Crippen molar-refractivity contribution in [3.63, 3.8) is 0 Å². The topological polar surface area (TPSA) is 77.5 Å². The molecule has 0 saturated heterocycles. The summed E-state index contributed by atoms with van der Waals surface area (Å²) in [6.07, 6.45) is 0. The maximum absolute atomic E-state index is 12.4. The average Bonchev–Trinajstić information content (AvgIpc) is 2.39. The molecule has 7 heteroatoms. The number of amides is 1. The van der Waals surface area contributed by atoms with Crippen LogP contribution in [0.2, 0.25) is 0 Å². The predicted octanol–water partition coefficient (Wildman–Crippen LogP) is -1.94. The molecule has 0 aromatic heterocycles. The van der Waals surface area contributed by atoms with Gasteiger partial charge in [-0.05, 0) is 31.9 Å². The molecule has 1 amide bonds. The molecule has 0 aliphatic heterocycles. The van der Waals surface area contributed by atoms with Crippen molar-refractivity contribution in [3.05, 3.63) is 29.3 Å². The van der Waals surface area contributed by atoms with Crippen molar-refractivity contribution in [3.8, 4) is 0 Å². The summed E-state index contributed by atoms with van der Waals surface area (Å²) >= 11 is 0.860. The first-order valence-electron chi connectivity index (χ1n) is 6.48. The number of carboxylic acids is 1. The maximum atomic E-state index is 12.4. The van der Waals surface area contributed by atoms with E-state index in [9.17, 15) is 19.5 Å². The SMILES string of the molecule is CC(=O)SCC(=O)N(c1c(C)cccc1C)C(C)C(=O)[O-].[Na+]. The molecule has 1 atom stereocenters. The number of carbonyl (C=O) groups is 3. The van der Waals surface area contributed by atoms with E-state index in [0.29, 0.717) is 5.69 Å². The van der Waals surface area contributed by atoms with Gasteiger partial charge in [-0.25, -0.2) is 0 Å². The van der Waals surface area contributed by atoms with Gasteiger partial charge in [0.1, 0.15) is 0 Å². The van der Waals surface area contributed by atoms with Crippen LogP contribution in [0.1, 0.15) is 25.0 Å². The number of aryl methyl sites for hydroxylation is 2. The minimum Gasteiger partial charge on any atom is -0.548 e. The molecule has 0 spiro atoms. The zero-order valence-electron chi connectivity index (χ0n) is 13.5. The van der Waals surface area contributed by atoms with Crippen LogP contribution in [0.3, 0.4) is 0 Å². The Kier molecular flexibility index (Phi) is 9.00. The number of anilines is 1. The van der Waals surface area contributed by atoms with E-state index in [1.165, 1.54) is 18.7 Å². The number of carboxylic acid groups (broad SMARTS) is 1. The fraction of sp³-hybridized carbons (Fsp3) is 0.400. The summed E-state index contributed by atoms with van der Waals surface area (Å²) in [5.74, 6) is -1.86. The number of aliphatic carboxylic acids is 1. The van der Waals surface area contributed by atoms with E-state index in [-0.39, 0.29) is 40.4 Å². The summed E-state index contributed by atoms with van der Waals surface area (Å²) in [5.41, 5.74) is 2.15. The van der Waals surface area contributed by atoms with Gasteiger partial charge in [0.15, 0.2) is 5.12 Å². The van der Waals surface area contributed by atoms with Crippen molar-refractivity contribution in [1.29, 1.82) is 0 Å². The summed E-state index contributed by atoms with van der Waals surface area (Å²) in [5, 5.41) is 11.0. The van der Waals surface area contributed by atoms with Gasteiger partial charge in [0.05, 0.1) is 23.5 Å². The Bertz CT molecular complexity index is 556. The van der Waals surface area contributed by atoms with Crippen LogP contribution in [-0.4, -0.2) is 28.8 Å². The Morgan fingerprint density at radius 2 is 1.73 bits per heavy atom. The first kappa shape index (κ1) is 21.2. The molecule has 114 valence electrons. The largest absolute Gasteiger partial charge is 1.00 e. The van der Waals surface area contributed by atoms with Gasteiger partial charge in [0.2, 0.25) is 5.91 Å². The van der Waals surface area contributed by atoms with Gasteiger partial charge in [0, 0.05) is 6.92 Å². The summed E-state index contributed by atoms with van der Waals surface area (Å²) in [7, 11) is 0. The minimum absolute atomic E-state index is 0. The van der Waals surface area contributed by atoms with Gasteiger partial charge < -0.3 is 14.8 Å². The van der Waals surface area contributed by atoms with E-state index in [2.05, 4.69) is 0 Å². The third-order valence-electron chi connectivity index (χ3n) is 3.08. The van der Waals surface area contributed by atoms with Crippen molar-refractivity contribution in [2.45, 2.75) is 33.7 Å². The van der Waals surface area contributed by atoms with E-state index in [1.54, 1.807) is 0 Å². The summed E-state index contributed by atoms with van der Waals surface area (Å²) in [4.78, 5) is 35.8. The first-order chi connectivity index (χ1) is 9.75. The van der Waals surface area contributed by atoms with E-state index in [0.717, 1.165) is 22.9 Å². The van der Waals surface area contributed by atoms with Crippen LogP contribution in [0.25, 0.3) is 0 Å². The molecule has 0 fully saturated rings. The zero-order valence-corrected chi connectivity index (χ0v) is 16.3. The zero-order chi connectivity index (χ0) is 16.2. The van der Waals surface area contributed by atoms with Gasteiger partial charge in [-0.3, -0.25) is 9.59 Å². The molecule has 0 N–H and O–H groups in total. The van der Waals surface area contributed by atoms with Crippen LogP contribution < -0.4 is 39.6 Å². The smallest absolute Gasteiger partial charge is 0.548 e. The second-order valence-electron chi connectivity index (χ2n) is 4.78. The number of carbonyl (C=O) groups excluding carboxylic acids is 3. The van der Waals surface area contributed by atoms with Crippen molar-refractivity contribution in [2.24, 2.45) is 0 Å². The van der Waals surface area contributed by atoms with Gasteiger partial charge in [0.25, 0.3) is 0 Å². The van der Waals surface area contributed by atoms with Crippen molar-refractivity contribution in [2.75, 3.05) is 10.7 Å². The normalized spacial score (nSPS) is 11.3. The molecule has 0 aliphatic carbocycles. The molecule has 0 aliphatic rings. The third kappa shape index (κ3) is 5.43. The van der Waals surface area contributed by atoms with Crippen LogP contribution >= 0.6 is 11.8 Å². The number of para-hydroxylation sites is 1. The quantitative estimate of drug-likeness (QED) is 0.587. The molecule has 0 heterocycles. The molecule has 0 bridgehead atoms. The maximum Gasteiger partial charge on any atom is 1.00 e. The Balaban J connectivity index is 0.00000441. The van der Waals surface area contributed by atoms with Crippen LogP contribution in [0, 0.1) is 13.8 Å². The Labute approximate surface area is 156 Å². The Morgan fingerprint density at radius 3 is 2.14 bits per heavy atom. The molecule has 1 aromatic carbocycles. The molecule has 1 aromatic rings. The van der Waals surface area contributed by atoms with Crippen molar-refractivity contribution < 1.29 is 49.0 Å². The fourth-order valence-electron chi connectivity index (χ4n) is 2.06. The van der Waals surface area contributed by atoms with Gasteiger partial charge >= 0.3 is 29.6 Å². The molecule has 1 rings (SSSR count). The predicted molar refractivity (Wildman–Crippen MR) is 81.0 cm³/mol. The Hall–Kier alpha value is -0.820. The summed E-state index contributed by atoms with van der Waals surface area (Å²) in [6.45, 7) is 6.38. The molecular formula is C15H18NNaO4S. The Morgan fingerprint density at radius 1 is 1.23 bits per heavy atom. The number of nitrogens with zero attached hydrogens (tertiary/aromatic N) is 1. The van der Waals surface area contributed by atoms with Crippen LogP contribution in [0.5, 0.6) is 0 Å². The first-order valence-corrected chi connectivity index (χ1v) is 7.46. The third-order valence-corrected chi connectivity index (χ3v) is 3.87. The van der Waals surface area contributed by atoms with Crippen molar-refractivity contribution in [1.82, 2.24) is 0 Å². The summed E-state index contributed by atoms with van der Waals surface area (Å²) < 4.78 is 0. The number of thioether (sulfide) groups is 1. The minimum atomic E-state index is -1.33. The number of hydrogen-bond donors (Lipinski definition) is 0. The van der Waals surface area contributed by atoms with Gasteiger partial charge in [-0.1, -0.05) is 30.0 Å². The second kappa shape index (κ2) is 9.35. The molecule has 1 unspecified atom stereocenters.